The Morgan fingerprint density at radius 1 is 1.33 bits per heavy atom. The van der Waals surface area contributed by atoms with Gasteiger partial charge >= 0.3 is 0 Å². The second-order valence-corrected chi connectivity index (χ2v) is 6.29. The Labute approximate surface area is 128 Å². The van der Waals surface area contributed by atoms with Crippen LogP contribution in [0.2, 0.25) is 0 Å². The molecule has 0 aliphatic rings. The normalized spacial score (nSPS) is 13.7. The average molecular weight is 305 g/mol. The molecule has 0 aliphatic carbocycles. The molecule has 0 saturated carbocycles. The molecule has 0 spiro atoms. The predicted octanol–water partition coefficient (Wildman–Crippen LogP) is 2.71. The van der Waals surface area contributed by atoms with Gasteiger partial charge in [0, 0.05) is 4.88 Å². The molecule has 1 amide bonds. The van der Waals surface area contributed by atoms with Gasteiger partial charge in [0.1, 0.15) is 11.4 Å². The van der Waals surface area contributed by atoms with Gasteiger partial charge < -0.3 is 15.5 Å². The Morgan fingerprint density at radius 2 is 2.05 bits per heavy atom. The van der Waals surface area contributed by atoms with Crippen LogP contribution in [0.25, 0.3) is 0 Å². The van der Waals surface area contributed by atoms with E-state index in [0.29, 0.717) is 5.56 Å². The summed E-state index contributed by atoms with van der Waals surface area (Å²) >= 11 is 1.43. The Morgan fingerprint density at radius 3 is 2.67 bits per heavy atom. The fourth-order valence-corrected chi connectivity index (χ4v) is 2.79. The van der Waals surface area contributed by atoms with Crippen LogP contribution < -0.4 is 5.32 Å². The Bertz CT molecular complexity index is 648. The van der Waals surface area contributed by atoms with Crippen molar-refractivity contribution < 1.29 is 15.0 Å². The van der Waals surface area contributed by atoms with Gasteiger partial charge in [-0.05, 0) is 49.4 Å². The third kappa shape index (κ3) is 3.25. The number of carbonyl (C=O) groups is 1. The predicted molar refractivity (Wildman–Crippen MR) is 83.8 cm³/mol. The number of aromatic hydroxyl groups is 1. The molecule has 1 unspecified atom stereocenters. The van der Waals surface area contributed by atoms with Gasteiger partial charge in [0.25, 0.3) is 5.91 Å². The van der Waals surface area contributed by atoms with Gasteiger partial charge in [0.05, 0.1) is 12.1 Å². The molecule has 2 aromatic rings. The summed E-state index contributed by atoms with van der Waals surface area (Å²) in [5.74, 6) is -0.407. The maximum Gasteiger partial charge on any atom is 0.255 e. The standard InChI is InChI=1S/C16H19NO3S/c1-10-6-7-12(14(18)11(10)2)15(19)17-9-16(3,20)13-5-4-8-21-13/h4-8,18,20H,9H2,1-3H3,(H,17,19). The van der Waals surface area contributed by atoms with E-state index in [1.165, 1.54) is 11.3 Å². The number of hydrogen-bond donors (Lipinski definition) is 3. The first kappa shape index (κ1) is 15.5. The van der Waals surface area contributed by atoms with Gasteiger partial charge in [-0.1, -0.05) is 12.1 Å². The molecular formula is C16H19NO3S. The number of aryl methyl sites for hydroxylation is 1. The summed E-state index contributed by atoms with van der Waals surface area (Å²) in [5, 5.41) is 25.0. The van der Waals surface area contributed by atoms with Crippen LogP contribution in [-0.2, 0) is 5.60 Å². The number of benzene rings is 1. The molecule has 1 aromatic heterocycles. The summed E-state index contributed by atoms with van der Waals surface area (Å²) in [6.07, 6.45) is 0. The van der Waals surface area contributed by atoms with Crippen LogP contribution in [0.5, 0.6) is 5.75 Å². The van der Waals surface area contributed by atoms with E-state index >= 15 is 0 Å². The fraction of sp³-hybridized carbons (Fsp3) is 0.312. The first-order chi connectivity index (χ1) is 9.83. The number of carbonyl (C=O) groups excluding carboxylic acids is 1. The van der Waals surface area contributed by atoms with Crippen molar-refractivity contribution in [3.05, 3.63) is 51.2 Å². The molecule has 0 aliphatic heterocycles. The molecule has 1 aromatic carbocycles. The molecule has 5 heteroatoms. The Balaban J connectivity index is 2.11. The summed E-state index contributed by atoms with van der Waals surface area (Å²) in [5.41, 5.74) is 0.710. The van der Waals surface area contributed by atoms with Crippen molar-refractivity contribution in [1.29, 1.82) is 0 Å². The van der Waals surface area contributed by atoms with Crippen molar-refractivity contribution in [2.45, 2.75) is 26.4 Å². The summed E-state index contributed by atoms with van der Waals surface area (Å²) in [7, 11) is 0. The van der Waals surface area contributed by atoms with Gasteiger partial charge in [-0.3, -0.25) is 4.79 Å². The number of nitrogens with one attached hydrogen (secondary N) is 1. The van der Waals surface area contributed by atoms with Crippen LogP contribution in [-0.4, -0.2) is 22.7 Å². The lowest BCUT2D eigenvalue weighted by Crippen LogP contribution is -2.38. The van der Waals surface area contributed by atoms with E-state index in [4.69, 9.17) is 0 Å². The molecule has 0 saturated heterocycles. The Hall–Kier alpha value is -1.85. The van der Waals surface area contributed by atoms with Crippen LogP contribution >= 0.6 is 11.3 Å². The zero-order valence-electron chi connectivity index (χ0n) is 12.3. The van der Waals surface area contributed by atoms with Crippen LogP contribution in [0.4, 0.5) is 0 Å². The third-order valence-electron chi connectivity index (χ3n) is 3.59. The maximum absolute atomic E-state index is 12.2. The number of hydrogen-bond acceptors (Lipinski definition) is 4. The second-order valence-electron chi connectivity index (χ2n) is 5.34. The number of phenolic OH excluding ortho intramolecular Hbond substituents is 1. The van der Waals surface area contributed by atoms with E-state index in [1.54, 1.807) is 26.0 Å². The maximum atomic E-state index is 12.2. The van der Waals surface area contributed by atoms with Crippen molar-refractivity contribution in [3.63, 3.8) is 0 Å². The zero-order valence-corrected chi connectivity index (χ0v) is 13.1. The summed E-state index contributed by atoms with van der Waals surface area (Å²) in [4.78, 5) is 13.0. The minimum atomic E-state index is -1.13. The number of thiophene rings is 1. The molecule has 0 fully saturated rings. The smallest absolute Gasteiger partial charge is 0.255 e. The van der Waals surface area contributed by atoms with Gasteiger partial charge in [-0.25, -0.2) is 0 Å². The lowest BCUT2D eigenvalue weighted by atomic mass is 10.0. The van der Waals surface area contributed by atoms with E-state index in [-0.39, 0.29) is 17.9 Å². The molecule has 1 atom stereocenters. The molecule has 3 N–H and O–H groups in total. The van der Waals surface area contributed by atoms with Gasteiger partial charge in [-0.2, -0.15) is 0 Å². The molecule has 4 nitrogen and oxygen atoms in total. The number of rotatable bonds is 4. The first-order valence-electron chi connectivity index (χ1n) is 6.66. The second kappa shape index (κ2) is 5.87. The van der Waals surface area contributed by atoms with E-state index in [9.17, 15) is 15.0 Å². The molecule has 21 heavy (non-hydrogen) atoms. The van der Waals surface area contributed by atoms with E-state index in [0.717, 1.165) is 10.4 Å². The first-order valence-corrected chi connectivity index (χ1v) is 7.54. The molecular weight excluding hydrogens is 286 g/mol. The van der Waals surface area contributed by atoms with Gasteiger partial charge in [0.2, 0.25) is 0 Å². The van der Waals surface area contributed by atoms with Gasteiger partial charge in [-0.15, -0.1) is 11.3 Å². The highest BCUT2D eigenvalue weighted by atomic mass is 32.1. The fourth-order valence-electron chi connectivity index (χ4n) is 2.00. The highest BCUT2D eigenvalue weighted by Crippen LogP contribution is 2.26. The van der Waals surface area contributed by atoms with Crippen LogP contribution in [0.3, 0.4) is 0 Å². The van der Waals surface area contributed by atoms with Crippen molar-refractivity contribution in [2.75, 3.05) is 6.54 Å². The monoisotopic (exact) mass is 305 g/mol. The largest absolute Gasteiger partial charge is 0.507 e. The van der Waals surface area contributed by atoms with Crippen molar-refractivity contribution in [3.8, 4) is 5.75 Å². The molecule has 0 radical (unpaired) electrons. The highest BCUT2D eigenvalue weighted by molar-refractivity contribution is 7.10. The number of amides is 1. The van der Waals surface area contributed by atoms with Crippen molar-refractivity contribution >= 4 is 17.2 Å². The molecule has 0 bridgehead atoms. The minimum absolute atomic E-state index is 0.0109. The highest BCUT2D eigenvalue weighted by Gasteiger charge is 2.25. The van der Waals surface area contributed by atoms with Gasteiger partial charge in [0.15, 0.2) is 0 Å². The molecule has 2 rings (SSSR count). The Kier molecular flexibility index (Phi) is 4.34. The quantitative estimate of drug-likeness (QED) is 0.813. The third-order valence-corrected chi connectivity index (χ3v) is 4.71. The minimum Gasteiger partial charge on any atom is -0.507 e. The summed E-state index contributed by atoms with van der Waals surface area (Å²) in [6, 6.07) is 7.06. The number of phenols is 1. The van der Waals surface area contributed by atoms with E-state index < -0.39 is 11.5 Å². The molecule has 112 valence electrons. The average Bonchev–Trinajstić information content (AvgIpc) is 2.97. The molecule has 1 heterocycles. The lowest BCUT2D eigenvalue weighted by molar-refractivity contribution is 0.0556. The summed E-state index contributed by atoms with van der Waals surface area (Å²) in [6.45, 7) is 5.37. The van der Waals surface area contributed by atoms with Crippen LogP contribution in [0.1, 0.15) is 33.3 Å². The van der Waals surface area contributed by atoms with Crippen molar-refractivity contribution in [1.82, 2.24) is 5.32 Å². The summed E-state index contributed by atoms with van der Waals surface area (Å²) < 4.78 is 0. The number of aliphatic hydroxyl groups is 1. The van der Waals surface area contributed by atoms with Crippen molar-refractivity contribution in [2.24, 2.45) is 0 Å². The topological polar surface area (TPSA) is 69.6 Å². The zero-order chi connectivity index (χ0) is 15.6. The van der Waals surface area contributed by atoms with Crippen LogP contribution in [0, 0.1) is 13.8 Å². The van der Waals surface area contributed by atoms with E-state index in [2.05, 4.69) is 5.32 Å². The van der Waals surface area contributed by atoms with Crippen LogP contribution in [0.15, 0.2) is 29.6 Å². The SMILES string of the molecule is Cc1ccc(C(=O)NCC(C)(O)c2cccs2)c(O)c1C. The van der Waals surface area contributed by atoms with E-state index in [1.807, 2.05) is 24.4 Å². The lowest BCUT2D eigenvalue weighted by Gasteiger charge is -2.22.